The molecular formula is C14H15N3O2. The summed E-state index contributed by atoms with van der Waals surface area (Å²) in [5.74, 6) is -0.150. The number of hydrogen-bond acceptors (Lipinski definition) is 4. The van der Waals surface area contributed by atoms with Crippen LogP contribution in [0.15, 0.2) is 42.6 Å². The summed E-state index contributed by atoms with van der Waals surface area (Å²) in [5, 5.41) is 14.1. The van der Waals surface area contributed by atoms with E-state index in [4.69, 9.17) is 0 Å². The van der Waals surface area contributed by atoms with E-state index in [0.29, 0.717) is 5.69 Å². The second-order valence-electron chi connectivity index (χ2n) is 4.35. The van der Waals surface area contributed by atoms with Gasteiger partial charge in [0, 0.05) is 6.04 Å². The number of nitrogens with one attached hydrogen (secondary N) is 1. The Kier molecular flexibility index (Phi) is 3.75. The maximum absolute atomic E-state index is 10.9. The number of nitrogens with zero attached hydrogens (tertiary/aromatic N) is 2. The first-order valence-electron chi connectivity index (χ1n) is 6.01. The standard InChI is InChI=1S/C14H15N3O2/c1-10-6-3-4-7-12(10)11(2)16-13-8-5-9-15-14(13)17(18)19/h3-9,11,16H,1-2H3. The van der Waals surface area contributed by atoms with Crippen molar-refractivity contribution in [1.82, 2.24) is 4.98 Å². The van der Waals surface area contributed by atoms with Gasteiger partial charge in [-0.3, -0.25) is 0 Å². The topological polar surface area (TPSA) is 68.1 Å². The minimum Gasteiger partial charge on any atom is -0.372 e. The number of aryl methyl sites for hydroxylation is 1. The summed E-state index contributed by atoms with van der Waals surface area (Å²) in [4.78, 5) is 14.2. The van der Waals surface area contributed by atoms with E-state index < -0.39 is 4.92 Å². The monoisotopic (exact) mass is 257 g/mol. The summed E-state index contributed by atoms with van der Waals surface area (Å²) in [7, 11) is 0. The molecule has 0 radical (unpaired) electrons. The van der Waals surface area contributed by atoms with Crippen molar-refractivity contribution >= 4 is 11.5 Å². The van der Waals surface area contributed by atoms with E-state index in [1.165, 1.54) is 6.20 Å². The molecule has 0 amide bonds. The Morgan fingerprint density at radius 1 is 1.26 bits per heavy atom. The summed E-state index contributed by atoms with van der Waals surface area (Å²) in [6.45, 7) is 3.99. The molecule has 0 aliphatic rings. The first-order chi connectivity index (χ1) is 9.09. The first-order valence-corrected chi connectivity index (χ1v) is 6.01. The van der Waals surface area contributed by atoms with Crippen LogP contribution in [0.3, 0.4) is 0 Å². The number of anilines is 1. The Morgan fingerprint density at radius 2 is 2.00 bits per heavy atom. The molecule has 0 spiro atoms. The molecule has 5 heteroatoms. The van der Waals surface area contributed by atoms with E-state index in [1.807, 2.05) is 38.1 Å². The SMILES string of the molecule is Cc1ccccc1C(C)Nc1cccnc1[N+](=O)[O-]. The summed E-state index contributed by atoms with van der Waals surface area (Å²) in [6, 6.07) is 11.3. The van der Waals surface area contributed by atoms with Gasteiger partial charge in [-0.05, 0) is 47.0 Å². The number of aromatic nitrogens is 1. The number of rotatable bonds is 4. The molecule has 0 saturated heterocycles. The highest BCUT2D eigenvalue weighted by Gasteiger charge is 2.17. The molecule has 98 valence electrons. The number of pyridine rings is 1. The maximum atomic E-state index is 10.9. The van der Waals surface area contributed by atoms with Crippen LogP contribution in [0.5, 0.6) is 0 Å². The molecule has 1 aromatic heterocycles. The van der Waals surface area contributed by atoms with E-state index in [2.05, 4.69) is 10.3 Å². The Balaban J connectivity index is 2.27. The average molecular weight is 257 g/mol. The summed E-state index contributed by atoms with van der Waals surface area (Å²) < 4.78 is 0. The van der Waals surface area contributed by atoms with Gasteiger partial charge < -0.3 is 15.4 Å². The van der Waals surface area contributed by atoms with Crippen molar-refractivity contribution in [1.29, 1.82) is 0 Å². The van der Waals surface area contributed by atoms with Crippen LogP contribution >= 0.6 is 0 Å². The van der Waals surface area contributed by atoms with Gasteiger partial charge >= 0.3 is 5.82 Å². The Morgan fingerprint density at radius 3 is 2.68 bits per heavy atom. The summed E-state index contributed by atoms with van der Waals surface area (Å²) in [5.41, 5.74) is 2.69. The van der Waals surface area contributed by atoms with Crippen molar-refractivity contribution in [2.75, 3.05) is 5.32 Å². The average Bonchev–Trinajstić information content (AvgIpc) is 2.39. The quantitative estimate of drug-likeness (QED) is 0.672. The number of nitro groups is 1. The van der Waals surface area contributed by atoms with E-state index in [9.17, 15) is 10.1 Å². The molecule has 1 atom stereocenters. The summed E-state index contributed by atoms with van der Waals surface area (Å²) in [6.07, 6.45) is 1.42. The molecule has 19 heavy (non-hydrogen) atoms. The molecule has 0 aliphatic heterocycles. The molecule has 1 unspecified atom stereocenters. The minimum absolute atomic E-state index is 0.0240. The van der Waals surface area contributed by atoms with Crippen molar-refractivity contribution < 1.29 is 4.92 Å². The smallest absolute Gasteiger partial charge is 0.372 e. The van der Waals surface area contributed by atoms with Crippen molar-refractivity contribution in [3.05, 3.63) is 63.8 Å². The van der Waals surface area contributed by atoms with E-state index in [-0.39, 0.29) is 11.9 Å². The van der Waals surface area contributed by atoms with Gasteiger partial charge in [0.05, 0.1) is 0 Å². The molecule has 2 aromatic rings. The van der Waals surface area contributed by atoms with Gasteiger partial charge in [0.2, 0.25) is 0 Å². The zero-order chi connectivity index (χ0) is 13.8. The molecule has 2 rings (SSSR count). The minimum atomic E-state index is -0.479. The van der Waals surface area contributed by atoms with Crippen molar-refractivity contribution in [3.63, 3.8) is 0 Å². The maximum Gasteiger partial charge on any atom is 0.386 e. The van der Waals surface area contributed by atoms with E-state index in [0.717, 1.165) is 11.1 Å². The normalized spacial score (nSPS) is 11.9. The lowest BCUT2D eigenvalue weighted by molar-refractivity contribution is -0.388. The lowest BCUT2D eigenvalue weighted by Gasteiger charge is -2.17. The third-order valence-corrected chi connectivity index (χ3v) is 2.99. The van der Waals surface area contributed by atoms with Crippen molar-refractivity contribution in [2.45, 2.75) is 19.9 Å². The van der Waals surface area contributed by atoms with Gasteiger partial charge in [0.1, 0.15) is 11.9 Å². The van der Waals surface area contributed by atoms with Crippen LogP contribution in [0.25, 0.3) is 0 Å². The predicted molar refractivity (Wildman–Crippen MR) is 74.1 cm³/mol. The number of benzene rings is 1. The third-order valence-electron chi connectivity index (χ3n) is 2.99. The van der Waals surface area contributed by atoms with Crippen molar-refractivity contribution in [2.24, 2.45) is 0 Å². The van der Waals surface area contributed by atoms with Crippen LogP contribution in [0.4, 0.5) is 11.5 Å². The molecule has 0 saturated carbocycles. The van der Waals surface area contributed by atoms with E-state index in [1.54, 1.807) is 12.1 Å². The Hall–Kier alpha value is -2.43. The highest BCUT2D eigenvalue weighted by Crippen LogP contribution is 2.26. The second-order valence-corrected chi connectivity index (χ2v) is 4.35. The molecule has 0 fully saturated rings. The molecule has 0 aliphatic carbocycles. The molecule has 1 N–H and O–H groups in total. The van der Waals surface area contributed by atoms with Crippen LogP contribution in [-0.2, 0) is 0 Å². The fourth-order valence-corrected chi connectivity index (χ4v) is 2.04. The van der Waals surface area contributed by atoms with E-state index >= 15 is 0 Å². The Bertz CT molecular complexity index is 599. The van der Waals surface area contributed by atoms with Gasteiger partial charge in [-0.25, -0.2) is 0 Å². The van der Waals surface area contributed by atoms with Crippen LogP contribution in [0, 0.1) is 17.0 Å². The second kappa shape index (κ2) is 5.48. The Labute approximate surface area is 111 Å². The van der Waals surface area contributed by atoms with Crippen LogP contribution < -0.4 is 5.32 Å². The summed E-state index contributed by atoms with van der Waals surface area (Å²) >= 11 is 0. The zero-order valence-corrected chi connectivity index (χ0v) is 10.8. The third kappa shape index (κ3) is 2.88. The predicted octanol–water partition coefficient (Wildman–Crippen LogP) is 3.47. The van der Waals surface area contributed by atoms with Gasteiger partial charge in [-0.15, -0.1) is 0 Å². The van der Waals surface area contributed by atoms with Gasteiger partial charge in [0.15, 0.2) is 0 Å². The largest absolute Gasteiger partial charge is 0.386 e. The molecule has 1 heterocycles. The van der Waals surface area contributed by atoms with Gasteiger partial charge in [0.25, 0.3) is 0 Å². The van der Waals surface area contributed by atoms with Crippen molar-refractivity contribution in [3.8, 4) is 0 Å². The first kappa shape index (κ1) is 13.0. The van der Waals surface area contributed by atoms with Crippen LogP contribution in [-0.4, -0.2) is 9.91 Å². The van der Waals surface area contributed by atoms with Crippen LogP contribution in [0.1, 0.15) is 24.1 Å². The van der Waals surface area contributed by atoms with Gasteiger partial charge in [-0.1, -0.05) is 24.3 Å². The molecular weight excluding hydrogens is 242 g/mol. The van der Waals surface area contributed by atoms with Crippen LogP contribution in [0.2, 0.25) is 0 Å². The lowest BCUT2D eigenvalue weighted by Crippen LogP contribution is -2.10. The van der Waals surface area contributed by atoms with Gasteiger partial charge in [-0.2, -0.15) is 0 Å². The fraction of sp³-hybridized carbons (Fsp3) is 0.214. The highest BCUT2D eigenvalue weighted by atomic mass is 16.6. The highest BCUT2D eigenvalue weighted by molar-refractivity contribution is 5.58. The zero-order valence-electron chi connectivity index (χ0n) is 10.8. The molecule has 1 aromatic carbocycles. The lowest BCUT2D eigenvalue weighted by atomic mass is 10.0. The number of hydrogen-bond donors (Lipinski definition) is 1. The molecule has 0 bridgehead atoms. The molecule has 5 nitrogen and oxygen atoms in total. The fourth-order valence-electron chi connectivity index (χ4n) is 2.04.